The molecule has 102 valence electrons. The summed E-state index contributed by atoms with van der Waals surface area (Å²) in [6.45, 7) is 4.68. The van der Waals surface area contributed by atoms with Crippen molar-refractivity contribution in [2.75, 3.05) is 11.9 Å². The molecule has 0 saturated carbocycles. The van der Waals surface area contributed by atoms with E-state index < -0.39 is 11.9 Å². The van der Waals surface area contributed by atoms with Gasteiger partial charge in [0.05, 0.1) is 6.61 Å². The molecule has 0 unspecified atom stereocenters. The highest BCUT2D eigenvalue weighted by Crippen LogP contribution is 2.18. The van der Waals surface area contributed by atoms with Crippen LogP contribution in [0.3, 0.4) is 0 Å². The number of rotatable bonds is 6. The van der Waals surface area contributed by atoms with Gasteiger partial charge in [0.2, 0.25) is 5.91 Å². The molecule has 0 aliphatic carbocycles. The second kappa shape index (κ2) is 7.20. The molecule has 2 N–H and O–H groups in total. The third-order valence-corrected chi connectivity index (χ3v) is 2.06. The molecule has 1 rings (SSSR count). The lowest BCUT2D eigenvalue weighted by atomic mass is 10.2. The molecule has 1 aromatic rings. The Morgan fingerprint density at radius 1 is 1.37 bits per heavy atom. The van der Waals surface area contributed by atoms with Crippen LogP contribution in [0.15, 0.2) is 36.4 Å². The quantitative estimate of drug-likeness (QED) is 0.772. The third-order valence-electron chi connectivity index (χ3n) is 2.06. The maximum atomic E-state index is 11.4. The molecule has 0 spiro atoms. The zero-order valence-electron chi connectivity index (χ0n) is 10.9. The van der Waals surface area contributed by atoms with Gasteiger partial charge in [0.15, 0.2) is 0 Å². The molecule has 0 aromatic heterocycles. The van der Waals surface area contributed by atoms with Crippen LogP contribution >= 0.6 is 0 Å². The molecule has 1 aromatic carbocycles. The number of aliphatic carboxylic acids is 1. The van der Waals surface area contributed by atoms with E-state index in [2.05, 4.69) is 5.32 Å². The Morgan fingerprint density at radius 3 is 2.74 bits per heavy atom. The van der Waals surface area contributed by atoms with Crippen LogP contribution in [0.4, 0.5) is 5.69 Å². The van der Waals surface area contributed by atoms with Gasteiger partial charge in [-0.25, -0.2) is 4.79 Å². The molecule has 0 bridgehead atoms. The summed E-state index contributed by atoms with van der Waals surface area (Å²) in [5, 5.41) is 11.0. The first kappa shape index (κ1) is 14.8. The molecule has 0 aliphatic rings. The normalized spacial score (nSPS) is 10.7. The van der Waals surface area contributed by atoms with Gasteiger partial charge in [-0.05, 0) is 18.1 Å². The summed E-state index contributed by atoms with van der Waals surface area (Å²) in [6.07, 6.45) is 1.75. The molecule has 0 heterocycles. The maximum Gasteiger partial charge on any atom is 0.328 e. The van der Waals surface area contributed by atoms with Crippen LogP contribution in [0.5, 0.6) is 5.75 Å². The van der Waals surface area contributed by atoms with E-state index >= 15 is 0 Å². The molecule has 5 nitrogen and oxygen atoms in total. The predicted molar refractivity (Wildman–Crippen MR) is 72.2 cm³/mol. The lowest BCUT2D eigenvalue weighted by molar-refractivity contribution is -0.131. The van der Waals surface area contributed by atoms with Gasteiger partial charge >= 0.3 is 5.97 Å². The largest absolute Gasteiger partial charge is 0.493 e. The van der Waals surface area contributed by atoms with E-state index in [1.54, 1.807) is 24.3 Å². The zero-order valence-corrected chi connectivity index (χ0v) is 10.9. The maximum absolute atomic E-state index is 11.4. The van der Waals surface area contributed by atoms with Crippen molar-refractivity contribution in [2.45, 2.75) is 13.8 Å². The summed E-state index contributed by atoms with van der Waals surface area (Å²) >= 11 is 0. The van der Waals surface area contributed by atoms with Crippen molar-refractivity contribution in [1.29, 1.82) is 0 Å². The first-order valence-electron chi connectivity index (χ1n) is 5.92. The molecule has 1 amide bonds. The van der Waals surface area contributed by atoms with Crippen LogP contribution in [0.1, 0.15) is 13.8 Å². The van der Waals surface area contributed by atoms with Gasteiger partial charge in [-0.1, -0.05) is 19.9 Å². The van der Waals surface area contributed by atoms with Gasteiger partial charge < -0.3 is 15.2 Å². The number of ether oxygens (including phenoxy) is 1. The van der Waals surface area contributed by atoms with Crippen LogP contribution in [-0.2, 0) is 9.59 Å². The minimum absolute atomic E-state index is 0.414. The van der Waals surface area contributed by atoms with Crippen molar-refractivity contribution < 1.29 is 19.4 Å². The minimum Gasteiger partial charge on any atom is -0.493 e. The number of amides is 1. The summed E-state index contributed by atoms with van der Waals surface area (Å²) in [7, 11) is 0. The summed E-state index contributed by atoms with van der Waals surface area (Å²) in [5.41, 5.74) is 0.557. The summed E-state index contributed by atoms with van der Waals surface area (Å²) in [6, 6.07) is 6.95. The lowest BCUT2D eigenvalue weighted by Gasteiger charge is -2.10. The van der Waals surface area contributed by atoms with Gasteiger partial charge in [0, 0.05) is 23.9 Å². The Kier molecular flexibility index (Phi) is 5.60. The SMILES string of the molecule is CC(C)COc1cccc(NC(=O)/C=C/C(=O)O)c1. The Morgan fingerprint density at radius 2 is 2.11 bits per heavy atom. The number of hydrogen-bond acceptors (Lipinski definition) is 3. The first-order valence-corrected chi connectivity index (χ1v) is 5.92. The van der Waals surface area contributed by atoms with Crippen molar-refractivity contribution in [1.82, 2.24) is 0 Å². The number of carboxylic acid groups (broad SMARTS) is 1. The number of hydrogen-bond donors (Lipinski definition) is 2. The van der Waals surface area contributed by atoms with Gasteiger partial charge in [-0.15, -0.1) is 0 Å². The summed E-state index contributed by atoms with van der Waals surface area (Å²) in [5.74, 6) is -0.585. The molecular formula is C14H17NO4. The topological polar surface area (TPSA) is 75.6 Å². The smallest absolute Gasteiger partial charge is 0.328 e. The average molecular weight is 263 g/mol. The molecule has 5 heteroatoms. The van der Waals surface area contributed by atoms with E-state index in [-0.39, 0.29) is 0 Å². The Labute approximate surface area is 111 Å². The Bertz CT molecular complexity index is 480. The van der Waals surface area contributed by atoms with Crippen molar-refractivity contribution in [3.63, 3.8) is 0 Å². The number of carboxylic acids is 1. The highest BCUT2D eigenvalue weighted by Gasteiger charge is 2.02. The van der Waals surface area contributed by atoms with Crippen LogP contribution in [0.2, 0.25) is 0 Å². The molecular weight excluding hydrogens is 246 g/mol. The fourth-order valence-electron chi connectivity index (χ4n) is 1.26. The number of carbonyl (C=O) groups is 2. The van der Waals surface area contributed by atoms with Crippen LogP contribution in [-0.4, -0.2) is 23.6 Å². The first-order chi connectivity index (χ1) is 8.97. The summed E-state index contributed by atoms with van der Waals surface area (Å²) in [4.78, 5) is 21.7. The molecule has 19 heavy (non-hydrogen) atoms. The van der Waals surface area contributed by atoms with Gasteiger partial charge in [0.25, 0.3) is 0 Å². The van der Waals surface area contributed by atoms with E-state index in [0.29, 0.717) is 24.0 Å². The van der Waals surface area contributed by atoms with Crippen molar-refractivity contribution >= 4 is 17.6 Å². The number of anilines is 1. The lowest BCUT2D eigenvalue weighted by Crippen LogP contribution is -2.09. The fraction of sp³-hybridized carbons (Fsp3) is 0.286. The number of nitrogens with one attached hydrogen (secondary N) is 1. The Balaban J connectivity index is 2.61. The number of benzene rings is 1. The zero-order chi connectivity index (χ0) is 14.3. The van der Waals surface area contributed by atoms with Crippen LogP contribution < -0.4 is 10.1 Å². The van der Waals surface area contributed by atoms with E-state index in [1.807, 2.05) is 13.8 Å². The van der Waals surface area contributed by atoms with E-state index in [4.69, 9.17) is 9.84 Å². The predicted octanol–water partition coefficient (Wildman–Crippen LogP) is 2.30. The van der Waals surface area contributed by atoms with Gasteiger partial charge in [-0.2, -0.15) is 0 Å². The van der Waals surface area contributed by atoms with Crippen LogP contribution in [0.25, 0.3) is 0 Å². The van der Waals surface area contributed by atoms with Gasteiger partial charge in [0.1, 0.15) is 5.75 Å². The second-order valence-electron chi connectivity index (χ2n) is 4.39. The third kappa shape index (κ3) is 6.26. The second-order valence-corrected chi connectivity index (χ2v) is 4.39. The highest BCUT2D eigenvalue weighted by atomic mass is 16.5. The van der Waals surface area contributed by atoms with E-state index in [0.717, 1.165) is 12.2 Å². The van der Waals surface area contributed by atoms with Crippen LogP contribution in [0, 0.1) is 5.92 Å². The fourth-order valence-corrected chi connectivity index (χ4v) is 1.26. The molecule has 0 atom stereocenters. The van der Waals surface area contributed by atoms with Crippen molar-refractivity contribution in [3.8, 4) is 5.75 Å². The Hall–Kier alpha value is -2.30. The molecule has 0 fully saturated rings. The summed E-state index contributed by atoms with van der Waals surface area (Å²) < 4.78 is 5.52. The standard InChI is InChI=1S/C14H17NO4/c1-10(2)9-19-12-5-3-4-11(8-12)15-13(16)6-7-14(17)18/h3-8,10H,9H2,1-2H3,(H,15,16)(H,17,18)/b7-6+. The average Bonchev–Trinajstić information content (AvgIpc) is 2.34. The monoisotopic (exact) mass is 263 g/mol. The van der Waals surface area contributed by atoms with Crippen molar-refractivity contribution in [2.24, 2.45) is 5.92 Å². The van der Waals surface area contributed by atoms with Gasteiger partial charge in [-0.3, -0.25) is 4.79 Å². The molecule has 0 radical (unpaired) electrons. The minimum atomic E-state index is -1.16. The molecule has 0 aliphatic heterocycles. The highest BCUT2D eigenvalue weighted by molar-refractivity contribution is 6.02. The number of carbonyl (C=O) groups excluding carboxylic acids is 1. The van der Waals surface area contributed by atoms with E-state index in [1.165, 1.54) is 0 Å². The van der Waals surface area contributed by atoms with Crippen molar-refractivity contribution in [3.05, 3.63) is 36.4 Å². The van der Waals surface area contributed by atoms with E-state index in [9.17, 15) is 9.59 Å². The molecule has 0 saturated heterocycles.